The van der Waals surface area contributed by atoms with Crippen LogP contribution in [0.4, 0.5) is 0 Å². The fraction of sp³-hybridized carbons (Fsp3) is 0.133. The number of hydrazine groups is 1. The topological polar surface area (TPSA) is 50.9 Å². The van der Waals surface area contributed by atoms with Crippen LogP contribution in [0.3, 0.4) is 0 Å². The number of hydrogen-bond donors (Lipinski definition) is 2. The number of aryl methyl sites for hydroxylation is 1. The van der Waals surface area contributed by atoms with Gasteiger partial charge in [-0.15, -0.1) is 11.3 Å². The van der Waals surface area contributed by atoms with Gasteiger partial charge in [0.25, 0.3) is 0 Å². The number of thiophene rings is 1. The first-order valence-electron chi connectivity index (χ1n) is 6.14. The Balaban J connectivity index is 2.20. The van der Waals surface area contributed by atoms with Crippen molar-refractivity contribution < 1.29 is 0 Å². The highest BCUT2D eigenvalue weighted by molar-refractivity contribution is 7.10. The van der Waals surface area contributed by atoms with Gasteiger partial charge in [0.1, 0.15) is 0 Å². The second kappa shape index (κ2) is 5.09. The van der Waals surface area contributed by atoms with E-state index >= 15 is 0 Å². The second-order valence-corrected chi connectivity index (χ2v) is 5.46. The summed E-state index contributed by atoms with van der Waals surface area (Å²) in [5.74, 6) is 5.80. The molecule has 0 bridgehead atoms. The Morgan fingerprint density at radius 2 is 2.16 bits per heavy atom. The number of aromatic nitrogens is 1. The van der Waals surface area contributed by atoms with Crippen LogP contribution in [0.5, 0.6) is 0 Å². The third-order valence-corrected chi connectivity index (χ3v) is 4.44. The zero-order valence-electron chi connectivity index (χ0n) is 10.6. The average Bonchev–Trinajstić information content (AvgIpc) is 2.86. The summed E-state index contributed by atoms with van der Waals surface area (Å²) in [6.45, 7) is 2.11. The molecule has 96 valence electrons. The van der Waals surface area contributed by atoms with E-state index in [0.29, 0.717) is 0 Å². The maximum absolute atomic E-state index is 5.80. The average molecular weight is 269 g/mol. The highest BCUT2D eigenvalue weighted by Crippen LogP contribution is 2.32. The van der Waals surface area contributed by atoms with Crippen molar-refractivity contribution >= 4 is 22.1 Å². The van der Waals surface area contributed by atoms with Crippen molar-refractivity contribution in [1.82, 2.24) is 10.4 Å². The van der Waals surface area contributed by atoms with Crippen molar-refractivity contribution in [3.05, 3.63) is 64.1 Å². The van der Waals surface area contributed by atoms with Crippen LogP contribution < -0.4 is 11.3 Å². The minimum absolute atomic E-state index is 0.0195. The first-order chi connectivity index (χ1) is 9.31. The van der Waals surface area contributed by atoms with Crippen molar-refractivity contribution in [3.63, 3.8) is 0 Å². The molecule has 3 aromatic rings. The van der Waals surface area contributed by atoms with Crippen molar-refractivity contribution in [2.45, 2.75) is 13.0 Å². The van der Waals surface area contributed by atoms with E-state index in [2.05, 4.69) is 40.9 Å². The maximum Gasteiger partial charge on any atom is 0.0811 e. The van der Waals surface area contributed by atoms with Gasteiger partial charge >= 0.3 is 0 Å². The smallest absolute Gasteiger partial charge is 0.0811 e. The summed E-state index contributed by atoms with van der Waals surface area (Å²) in [5.41, 5.74) is 5.39. The van der Waals surface area contributed by atoms with Crippen molar-refractivity contribution in [1.29, 1.82) is 0 Å². The molecular formula is C15H15N3S. The fourth-order valence-electron chi connectivity index (χ4n) is 2.39. The summed E-state index contributed by atoms with van der Waals surface area (Å²) >= 11 is 1.73. The molecular weight excluding hydrogens is 254 g/mol. The minimum Gasteiger partial charge on any atom is -0.271 e. The largest absolute Gasteiger partial charge is 0.271 e. The lowest BCUT2D eigenvalue weighted by atomic mass is 9.98. The molecule has 0 saturated heterocycles. The van der Waals surface area contributed by atoms with Gasteiger partial charge in [0.2, 0.25) is 0 Å². The Kier molecular flexibility index (Phi) is 3.29. The van der Waals surface area contributed by atoms with Gasteiger partial charge in [0.15, 0.2) is 0 Å². The van der Waals surface area contributed by atoms with E-state index in [1.807, 2.05) is 24.5 Å². The Bertz CT molecular complexity index is 700. The molecule has 0 saturated carbocycles. The number of rotatable bonds is 3. The van der Waals surface area contributed by atoms with Crippen LogP contribution in [0, 0.1) is 6.92 Å². The van der Waals surface area contributed by atoms with Crippen LogP contribution in [0.2, 0.25) is 0 Å². The Hall–Kier alpha value is -1.75. The zero-order chi connectivity index (χ0) is 13.2. The molecule has 1 atom stereocenters. The van der Waals surface area contributed by atoms with Crippen LogP contribution >= 0.6 is 11.3 Å². The third-order valence-electron chi connectivity index (χ3n) is 3.36. The van der Waals surface area contributed by atoms with Gasteiger partial charge in [0, 0.05) is 22.7 Å². The standard InChI is InChI=1S/C15H15N3S/c1-10-6-8-19-15(10)14(18-16)13-4-2-3-11-9-17-7-5-12(11)13/h2-9,14,18H,16H2,1H3. The molecule has 2 heterocycles. The predicted octanol–water partition coefficient (Wildman–Crippen LogP) is 3.16. The van der Waals surface area contributed by atoms with E-state index in [1.165, 1.54) is 21.4 Å². The lowest BCUT2D eigenvalue weighted by molar-refractivity contribution is 0.648. The Labute approximate surface area is 116 Å². The molecule has 0 aliphatic carbocycles. The lowest BCUT2D eigenvalue weighted by Crippen LogP contribution is -2.28. The summed E-state index contributed by atoms with van der Waals surface area (Å²) in [6, 6.07) is 10.4. The number of fused-ring (bicyclic) bond motifs is 1. The molecule has 0 amide bonds. The molecule has 0 aliphatic rings. The minimum atomic E-state index is 0.0195. The Morgan fingerprint density at radius 1 is 1.26 bits per heavy atom. The van der Waals surface area contributed by atoms with Crippen LogP contribution in [0.15, 0.2) is 48.1 Å². The maximum atomic E-state index is 5.80. The Morgan fingerprint density at radius 3 is 2.89 bits per heavy atom. The van der Waals surface area contributed by atoms with Crippen LogP contribution in [0.1, 0.15) is 22.0 Å². The van der Waals surface area contributed by atoms with Crippen molar-refractivity contribution in [3.8, 4) is 0 Å². The first-order valence-corrected chi connectivity index (χ1v) is 7.02. The van der Waals surface area contributed by atoms with Gasteiger partial charge in [-0.2, -0.15) is 0 Å². The molecule has 3 N–H and O–H groups in total. The van der Waals surface area contributed by atoms with E-state index in [1.54, 1.807) is 11.3 Å². The molecule has 1 aromatic carbocycles. The molecule has 0 spiro atoms. The van der Waals surface area contributed by atoms with Crippen LogP contribution in [0.25, 0.3) is 10.8 Å². The fourth-order valence-corrected chi connectivity index (χ4v) is 3.39. The van der Waals surface area contributed by atoms with Gasteiger partial charge < -0.3 is 0 Å². The second-order valence-electron chi connectivity index (χ2n) is 4.51. The van der Waals surface area contributed by atoms with Crippen molar-refractivity contribution in [2.24, 2.45) is 5.84 Å². The summed E-state index contributed by atoms with van der Waals surface area (Å²) in [5, 5.41) is 4.42. The van der Waals surface area contributed by atoms with Crippen molar-refractivity contribution in [2.75, 3.05) is 0 Å². The molecule has 4 heteroatoms. The third kappa shape index (κ3) is 2.14. The van der Waals surface area contributed by atoms with E-state index in [9.17, 15) is 0 Å². The van der Waals surface area contributed by atoms with E-state index in [-0.39, 0.29) is 6.04 Å². The van der Waals surface area contributed by atoms with Crippen LogP contribution in [-0.4, -0.2) is 4.98 Å². The summed E-state index contributed by atoms with van der Waals surface area (Å²) < 4.78 is 0. The normalized spacial score (nSPS) is 12.7. The lowest BCUT2D eigenvalue weighted by Gasteiger charge is -2.18. The number of nitrogens with two attached hydrogens (primary N) is 1. The van der Waals surface area contributed by atoms with Crippen LogP contribution in [-0.2, 0) is 0 Å². The molecule has 0 aliphatic heterocycles. The van der Waals surface area contributed by atoms with Gasteiger partial charge in [-0.05, 0) is 40.9 Å². The van der Waals surface area contributed by atoms with E-state index in [4.69, 9.17) is 5.84 Å². The number of hydrogen-bond acceptors (Lipinski definition) is 4. The number of benzene rings is 1. The number of nitrogens with one attached hydrogen (secondary N) is 1. The highest BCUT2D eigenvalue weighted by atomic mass is 32.1. The van der Waals surface area contributed by atoms with E-state index < -0.39 is 0 Å². The zero-order valence-corrected chi connectivity index (χ0v) is 11.4. The predicted molar refractivity (Wildman–Crippen MR) is 80.0 cm³/mol. The summed E-state index contributed by atoms with van der Waals surface area (Å²) in [6.07, 6.45) is 3.70. The quantitative estimate of drug-likeness (QED) is 0.567. The number of nitrogens with zero attached hydrogens (tertiary/aromatic N) is 1. The SMILES string of the molecule is Cc1ccsc1C(NN)c1cccc2cnccc12. The molecule has 0 radical (unpaired) electrons. The molecule has 1 unspecified atom stereocenters. The molecule has 3 rings (SSSR count). The molecule has 3 nitrogen and oxygen atoms in total. The number of pyridine rings is 1. The van der Waals surface area contributed by atoms with Gasteiger partial charge in [0.05, 0.1) is 6.04 Å². The molecule has 0 fully saturated rings. The monoisotopic (exact) mass is 269 g/mol. The van der Waals surface area contributed by atoms with Gasteiger partial charge in [-0.25, -0.2) is 5.43 Å². The summed E-state index contributed by atoms with van der Waals surface area (Å²) in [4.78, 5) is 5.43. The first kappa shape index (κ1) is 12.3. The molecule has 19 heavy (non-hydrogen) atoms. The molecule has 2 aromatic heterocycles. The van der Waals surface area contributed by atoms with E-state index in [0.717, 1.165) is 5.39 Å². The van der Waals surface area contributed by atoms with Gasteiger partial charge in [-0.3, -0.25) is 10.8 Å². The van der Waals surface area contributed by atoms with Gasteiger partial charge in [-0.1, -0.05) is 18.2 Å². The highest BCUT2D eigenvalue weighted by Gasteiger charge is 2.18. The summed E-state index contributed by atoms with van der Waals surface area (Å²) in [7, 11) is 0.